The molecule has 1 heterocycles. The zero-order valence-corrected chi connectivity index (χ0v) is 10.2. The Morgan fingerprint density at radius 1 is 0.947 bits per heavy atom. The van der Waals surface area contributed by atoms with E-state index in [0.29, 0.717) is 12.1 Å². The topological polar surface area (TPSA) is 3.24 Å². The number of halogens is 6. The van der Waals surface area contributed by atoms with Crippen molar-refractivity contribution in [2.45, 2.75) is 38.0 Å². The molecule has 0 aromatic rings. The second-order valence-electron chi connectivity index (χ2n) is 5.21. The number of nitrogens with zero attached hydrogens (tertiary/aromatic N) is 1. The fraction of sp³-hybridized carbons (Fsp3) is 0.833. The zero-order chi connectivity index (χ0) is 14.3. The monoisotopic (exact) mass is 287 g/mol. The molecule has 2 unspecified atom stereocenters. The van der Waals surface area contributed by atoms with E-state index in [1.54, 1.807) is 6.08 Å². The molecule has 0 bridgehead atoms. The lowest BCUT2D eigenvalue weighted by Crippen LogP contribution is -2.48. The molecule has 2 atom stereocenters. The van der Waals surface area contributed by atoms with Gasteiger partial charge in [-0.1, -0.05) is 6.08 Å². The Hall–Kier alpha value is -0.880. The molecule has 1 saturated heterocycles. The van der Waals surface area contributed by atoms with E-state index in [4.69, 9.17) is 0 Å². The lowest BCUT2D eigenvalue weighted by atomic mass is 9.88. The van der Waals surface area contributed by atoms with E-state index >= 15 is 0 Å². The Kier molecular flexibility index (Phi) is 3.75. The average Bonchev–Trinajstić information content (AvgIpc) is 2.79. The highest BCUT2D eigenvalue weighted by atomic mass is 19.4. The first-order valence-corrected chi connectivity index (χ1v) is 6.25. The Labute approximate surface area is 107 Å². The van der Waals surface area contributed by atoms with Crippen molar-refractivity contribution >= 4 is 0 Å². The van der Waals surface area contributed by atoms with Gasteiger partial charge in [-0.25, -0.2) is 0 Å². The summed E-state index contributed by atoms with van der Waals surface area (Å²) in [6.07, 6.45) is -6.11. The summed E-state index contributed by atoms with van der Waals surface area (Å²) in [5.41, 5.74) is 0.642. The van der Waals surface area contributed by atoms with Gasteiger partial charge >= 0.3 is 12.4 Å². The van der Waals surface area contributed by atoms with Gasteiger partial charge in [0.15, 0.2) is 0 Å². The standard InChI is InChI=1S/C12H15F6N/c13-11(14,15)8-5-9(12(16,17)18)7-19(6-8)10-3-1-2-4-10/h3,8-9H,1-2,4-7H2. The summed E-state index contributed by atoms with van der Waals surface area (Å²) < 4.78 is 76.5. The molecule has 0 radical (unpaired) electrons. The molecule has 2 aliphatic rings. The van der Waals surface area contributed by atoms with Crippen molar-refractivity contribution in [3.8, 4) is 0 Å². The normalized spacial score (nSPS) is 29.6. The summed E-state index contributed by atoms with van der Waals surface area (Å²) in [5.74, 6) is -3.79. The molecule has 1 aliphatic heterocycles. The number of piperidine rings is 1. The molecule has 110 valence electrons. The van der Waals surface area contributed by atoms with Crippen molar-refractivity contribution in [2.75, 3.05) is 13.1 Å². The van der Waals surface area contributed by atoms with Gasteiger partial charge in [-0.3, -0.25) is 0 Å². The van der Waals surface area contributed by atoms with E-state index in [1.165, 1.54) is 4.90 Å². The molecule has 2 rings (SSSR count). The van der Waals surface area contributed by atoms with E-state index in [-0.39, 0.29) is 13.1 Å². The Bertz CT molecular complexity index is 334. The molecule has 0 N–H and O–H groups in total. The Morgan fingerprint density at radius 3 is 1.84 bits per heavy atom. The second kappa shape index (κ2) is 4.90. The van der Waals surface area contributed by atoms with Crippen LogP contribution in [0.4, 0.5) is 26.3 Å². The summed E-state index contributed by atoms with van der Waals surface area (Å²) >= 11 is 0. The number of alkyl halides is 6. The SMILES string of the molecule is FC(F)(F)C1CC(C(F)(F)F)CN(C2=CCCC2)C1. The average molecular weight is 287 g/mol. The number of hydrogen-bond donors (Lipinski definition) is 0. The third-order valence-electron chi connectivity index (χ3n) is 3.80. The number of allylic oxidation sites excluding steroid dienone is 2. The molecule has 19 heavy (non-hydrogen) atoms. The summed E-state index contributed by atoms with van der Waals surface area (Å²) in [4.78, 5) is 1.28. The van der Waals surface area contributed by atoms with Gasteiger partial charge in [0, 0.05) is 18.8 Å². The Morgan fingerprint density at radius 2 is 1.47 bits per heavy atom. The maximum Gasteiger partial charge on any atom is 0.393 e. The fourth-order valence-electron chi connectivity index (χ4n) is 2.75. The van der Waals surface area contributed by atoms with Crippen molar-refractivity contribution in [2.24, 2.45) is 11.8 Å². The van der Waals surface area contributed by atoms with E-state index in [1.807, 2.05) is 0 Å². The lowest BCUT2D eigenvalue weighted by molar-refractivity contribution is -0.228. The van der Waals surface area contributed by atoms with Crippen molar-refractivity contribution in [3.05, 3.63) is 11.8 Å². The molecule has 0 amide bonds. The van der Waals surface area contributed by atoms with Crippen molar-refractivity contribution in [3.63, 3.8) is 0 Å². The highest BCUT2D eigenvalue weighted by molar-refractivity contribution is 5.09. The quantitative estimate of drug-likeness (QED) is 0.656. The predicted octanol–water partition coefficient (Wildman–Crippen LogP) is 4.12. The molecule has 0 spiro atoms. The first kappa shape index (κ1) is 14.5. The fourth-order valence-corrected chi connectivity index (χ4v) is 2.75. The highest BCUT2D eigenvalue weighted by Gasteiger charge is 2.51. The third kappa shape index (κ3) is 3.36. The minimum absolute atomic E-state index is 0.345. The molecule has 0 aromatic carbocycles. The summed E-state index contributed by atoms with van der Waals surface area (Å²) in [6, 6.07) is 0. The van der Waals surface area contributed by atoms with Gasteiger partial charge in [-0.2, -0.15) is 26.3 Å². The first-order chi connectivity index (χ1) is 8.68. The first-order valence-electron chi connectivity index (χ1n) is 6.25. The van der Waals surface area contributed by atoms with Crippen LogP contribution in [0.25, 0.3) is 0 Å². The molecule has 1 aliphatic carbocycles. The predicted molar refractivity (Wildman–Crippen MR) is 57.2 cm³/mol. The molecule has 0 aromatic heterocycles. The number of likely N-dealkylation sites (tertiary alicyclic amines) is 1. The molecule has 7 heteroatoms. The van der Waals surface area contributed by atoms with Crippen LogP contribution in [0, 0.1) is 11.8 Å². The van der Waals surface area contributed by atoms with Crippen molar-refractivity contribution in [1.29, 1.82) is 0 Å². The summed E-state index contributed by atoms with van der Waals surface area (Å²) in [7, 11) is 0. The van der Waals surface area contributed by atoms with Gasteiger partial charge in [0.1, 0.15) is 0 Å². The van der Waals surface area contributed by atoms with Crippen LogP contribution in [0.1, 0.15) is 25.7 Å². The highest BCUT2D eigenvalue weighted by Crippen LogP contribution is 2.43. The van der Waals surface area contributed by atoms with Gasteiger partial charge in [-0.15, -0.1) is 0 Å². The molecular formula is C12H15F6N. The maximum absolute atomic E-state index is 12.7. The molecule has 0 saturated carbocycles. The number of hydrogen-bond acceptors (Lipinski definition) is 1. The molecule has 1 nitrogen and oxygen atoms in total. The Balaban J connectivity index is 2.16. The van der Waals surface area contributed by atoms with Gasteiger partial charge < -0.3 is 4.90 Å². The van der Waals surface area contributed by atoms with Crippen LogP contribution in [0.5, 0.6) is 0 Å². The van der Waals surface area contributed by atoms with Gasteiger partial charge in [0.05, 0.1) is 11.8 Å². The number of rotatable bonds is 1. The van der Waals surface area contributed by atoms with Crippen molar-refractivity contribution in [1.82, 2.24) is 4.90 Å². The van der Waals surface area contributed by atoms with Crippen LogP contribution in [0.15, 0.2) is 11.8 Å². The molecular weight excluding hydrogens is 272 g/mol. The summed E-state index contributed by atoms with van der Waals surface area (Å²) in [5, 5.41) is 0. The van der Waals surface area contributed by atoms with Crippen LogP contribution in [0.2, 0.25) is 0 Å². The second-order valence-corrected chi connectivity index (χ2v) is 5.21. The largest absolute Gasteiger partial charge is 0.393 e. The third-order valence-corrected chi connectivity index (χ3v) is 3.80. The lowest BCUT2D eigenvalue weighted by Gasteiger charge is -2.41. The van der Waals surface area contributed by atoms with E-state index in [0.717, 1.165) is 12.8 Å². The minimum atomic E-state index is -4.57. The minimum Gasteiger partial charge on any atom is -0.374 e. The zero-order valence-electron chi connectivity index (χ0n) is 10.2. The smallest absolute Gasteiger partial charge is 0.374 e. The van der Waals surface area contributed by atoms with E-state index in [9.17, 15) is 26.3 Å². The van der Waals surface area contributed by atoms with Crippen LogP contribution in [-0.2, 0) is 0 Å². The van der Waals surface area contributed by atoms with Crippen LogP contribution >= 0.6 is 0 Å². The molecule has 1 fully saturated rings. The van der Waals surface area contributed by atoms with Crippen molar-refractivity contribution < 1.29 is 26.3 Å². The summed E-state index contributed by atoms with van der Waals surface area (Å²) in [6.45, 7) is -0.691. The van der Waals surface area contributed by atoms with E-state index in [2.05, 4.69) is 0 Å². The van der Waals surface area contributed by atoms with Gasteiger partial charge in [0.2, 0.25) is 0 Å². The maximum atomic E-state index is 12.7. The van der Waals surface area contributed by atoms with Crippen LogP contribution in [-0.4, -0.2) is 30.3 Å². The van der Waals surface area contributed by atoms with Gasteiger partial charge in [-0.05, 0) is 25.7 Å². The van der Waals surface area contributed by atoms with Gasteiger partial charge in [0.25, 0.3) is 0 Å². The van der Waals surface area contributed by atoms with Crippen LogP contribution in [0.3, 0.4) is 0 Å². The van der Waals surface area contributed by atoms with Crippen LogP contribution < -0.4 is 0 Å². The van der Waals surface area contributed by atoms with E-state index < -0.39 is 30.6 Å².